The Morgan fingerprint density at radius 1 is 0.903 bits per heavy atom. The molecule has 0 saturated carbocycles. The van der Waals surface area contributed by atoms with Gasteiger partial charge in [-0.3, -0.25) is 9.69 Å². The molecular weight excluding hydrogens is 386 g/mol. The van der Waals surface area contributed by atoms with Crippen LogP contribution in [0.4, 0.5) is 0 Å². The van der Waals surface area contributed by atoms with Crippen LogP contribution in [-0.2, 0) is 29.1 Å². The summed E-state index contributed by atoms with van der Waals surface area (Å²) < 4.78 is 11.7. The van der Waals surface area contributed by atoms with Gasteiger partial charge in [0.15, 0.2) is 0 Å². The molecule has 4 rings (SSSR count). The van der Waals surface area contributed by atoms with Gasteiger partial charge in [-0.05, 0) is 53.3 Å². The van der Waals surface area contributed by atoms with Crippen LogP contribution >= 0.6 is 0 Å². The second-order valence-corrected chi connectivity index (χ2v) is 8.35. The number of ether oxygens (including phenoxy) is 2. The van der Waals surface area contributed by atoms with Crippen LogP contribution in [0.1, 0.15) is 30.5 Å². The Labute approximate surface area is 184 Å². The van der Waals surface area contributed by atoms with Gasteiger partial charge in [0.25, 0.3) is 0 Å². The van der Waals surface area contributed by atoms with Crippen molar-refractivity contribution in [2.24, 2.45) is 5.92 Å². The van der Waals surface area contributed by atoms with E-state index in [1.165, 1.54) is 11.1 Å². The minimum absolute atomic E-state index is 0.163. The topological polar surface area (TPSA) is 38.8 Å². The lowest BCUT2D eigenvalue weighted by Gasteiger charge is -2.36. The first-order valence-corrected chi connectivity index (χ1v) is 10.9. The van der Waals surface area contributed by atoms with Gasteiger partial charge in [0, 0.05) is 13.1 Å². The maximum atomic E-state index is 13.1. The van der Waals surface area contributed by atoms with Crippen LogP contribution in [0, 0.1) is 5.92 Å². The highest BCUT2D eigenvalue weighted by Gasteiger charge is 2.32. The van der Waals surface area contributed by atoms with Gasteiger partial charge >= 0.3 is 5.97 Å². The van der Waals surface area contributed by atoms with E-state index in [1.807, 2.05) is 54.6 Å². The smallest absolute Gasteiger partial charge is 0.323 e. The molecule has 1 atom stereocenters. The van der Waals surface area contributed by atoms with Crippen LogP contribution in [-0.4, -0.2) is 23.5 Å². The van der Waals surface area contributed by atoms with E-state index >= 15 is 0 Å². The lowest BCUT2D eigenvalue weighted by Crippen LogP contribution is -2.47. The molecule has 0 saturated heterocycles. The fraction of sp³-hybridized carbons (Fsp3) is 0.296. The quantitative estimate of drug-likeness (QED) is 0.471. The van der Waals surface area contributed by atoms with Gasteiger partial charge in [-0.1, -0.05) is 68.4 Å². The van der Waals surface area contributed by atoms with E-state index in [0.717, 1.165) is 36.6 Å². The molecule has 3 aromatic carbocycles. The van der Waals surface area contributed by atoms with Crippen molar-refractivity contribution >= 4 is 5.97 Å². The molecule has 160 valence electrons. The third-order valence-electron chi connectivity index (χ3n) is 5.68. The largest absolute Gasteiger partial charge is 0.460 e. The number of nitrogens with zero attached hydrogens (tertiary/aromatic N) is 1. The lowest BCUT2D eigenvalue weighted by atomic mass is 9.95. The lowest BCUT2D eigenvalue weighted by molar-refractivity contribution is -0.153. The third-order valence-corrected chi connectivity index (χ3v) is 5.68. The van der Waals surface area contributed by atoms with Gasteiger partial charge in [0.05, 0.1) is 0 Å². The van der Waals surface area contributed by atoms with Gasteiger partial charge in [0.2, 0.25) is 0 Å². The summed E-state index contributed by atoms with van der Waals surface area (Å²) in [6.45, 7) is 6.06. The standard InChI is InChI=1S/C27H29NO3/c1-20(2)26(28-16-15-22-10-6-7-11-23(22)18-28)27(29)30-19-21-9-8-14-25(17-21)31-24-12-4-3-5-13-24/h3-14,17,20,26H,15-16,18-19H2,1-2H3. The highest BCUT2D eigenvalue weighted by molar-refractivity contribution is 5.76. The Kier molecular flexibility index (Phi) is 6.68. The van der Waals surface area contributed by atoms with E-state index in [1.54, 1.807) is 0 Å². The fourth-order valence-electron chi connectivity index (χ4n) is 4.16. The molecule has 0 aliphatic carbocycles. The van der Waals surface area contributed by atoms with Crippen molar-refractivity contribution in [3.63, 3.8) is 0 Å². The molecule has 3 aromatic rings. The van der Waals surface area contributed by atoms with E-state index in [-0.39, 0.29) is 24.5 Å². The Morgan fingerprint density at radius 2 is 1.61 bits per heavy atom. The summed E-state index contributed by atoms with van der Waals surface area (Å²) in [7, 11) is 0. The summed E-state index contributed by atoms with van der Waals surface area (Å²) in [5, 5.41) is 0. The molecule has 1 aliphatic heterocycles. The number of benzene rings is 3. The number of carbonyl (C=O) groups is 1. The molecule has 4 nitrogen and oxygen atoms in total. The fourth-order valence-corrected chi connectivity index (χ4v) is 4.16. The van der Waals surface area contributed by atoms with Gasteiger partial charge in [0.1, 0.15) is 24.1 Å². The van der Waals surface area contributed by atoms with Gasteiger partial charge in [-0.15, -0.1) is 0 Å². The normalized spacial score (nSPS) is 14.7. The average molecular weight is 416 g/mol. The molecule has 0 spiro atoms. The van der Waals surface area contributed by atoms with Crippen molar-refractivity contribution in [2.75, 3.05) is 6.54 Å². The number of carbonyl (C=O) groups excluding carboxylic acids is 1. The molecule has 1 heterocycles. The third kappa shape index (κ3) is 5.33. The number of rotatable bonds is 7. The zero-order valence-electron chi connectivity index (χ0n) is 18.2. The van der Waals surface area contributed by atoms with Crippen LogP contribution in [0.15, 0.2) is 78.9 Å². The van der Waals surface area contributed by atoms with Gasteiger partial charge < -0.3 is 9.47 Å². The Hall–Kier alpha value is -3.11. The molecule has 4 heteroatoms. The minimum Gasteiger partial charge on any atom is -0.460 e. The maximum absolute atomic E-state index is 13.1. The van der Waals surface area contributed by atoms with Crippen LogP contribution in [0.5, 0.6) is 11.5 Å². The number of para-hydroxylation sites is 1. The molecule has 0 radical (unpaired) electrons. The second kappa shape index (κ2) is 9.80. The second-order valence-electron chi connectivity index (χ2n) is 8.35. The van der Waals surface area contributed by atoms with E-state index in [2.05, 4.69) is 43.0 Å². The maximum Gasteiger partial charge on any atom is 0.323 e. The SMILES string of the molecule is CC(C)C(C(=O)OCc1cccc(Oc2ccccc2)c1)N1CCc2ccccc2C1. The van der Waals surface area contributed by atoms with Gasteiger partial charge in [-0.25, -0.2) is 0 Å². The van der Waals surface area contributed by atoms with Crippen molar-refractivity contribution in [1.82, 2.24) is 4.90 Å². The molecule has 0 bridgehead atoms. The van der Waals surface area contributed by atoms with Crippen LogP contribution < -0.4 is 4.74 Å². The van der Waals surface area contributed by atoms with Crippen molar-refractivity contribution in [2.45, 2.75) is 39.5 Å². The number of esters is 1. The molecule has 0 fully saturated rings. The molecule has 0 N–H and O–H groups in total. The minimum atomic E-state index is -0.253. The summed E-state index contributed by atoms with van der Waals surface area (Å²) in [5.74, 6) is 1.52. The van der Waals surface area contributed by atoms with E-state index in [9.17, 15) is 4.79 Å². The van der Waals surface area contributed by atoms with Crippen LogP contribution in [0.2, 0.25) is 0 Å². The van der Waals surface area contributed by atoms with Gasteiger partial charge in [-0.2, -0.15) is 0 Å². The van der Waals surface area contributed by atoms with Crippen molar-refractivity contribution in [3.05, 3.63) is 95.6 Å². The first-order valence-electron chi connectivity index (χ1n) is 10.9. The highest BCUT2D eigenvalue weighted by atomic mass is 16.5. The first-order chi connectivity index (χ1) is 15.1. The summed E-state index contributed by atoms with van der Waals surface area (Å²) in [5.41, 5.74) is 3.59. The van der Waals surface area contributed by atoms with Crippen molar-refractivity contribution < 1.29 is 14.3 Å². The van der Waals surface area contributed by atoms with E-state index in [0.29, 0.717) is 0 Å². The number of fused-ring (bicyclic) bond motifs is 1. The van der Waals surface area contributed by atoms with E-state index in [4.69, 9.17) is 9.47 Å². The monoisotopic (exact) mass is 415 g/mol. The van der Waals surface area contributed by atoms with Crippen LogP contribution in [0.3, 0.4) is 0 Å². The molecular formula is C27H29NO3. The van der Waals surface area contributed by atoms with Crippen molar-refractivity contribution in [1.29, 1.82) is 0 Å². The van der Waals surface area contributed by atoms with E-state index < -0.39 is 0 Å². The molecule has 1 aliphatic rings. The Bertz CT molecular complexity index is 1020. The molecule has 1 unspecified atom stereocenters. The zero-order chi connectivity index (χ0) is 21.6. The summed E-state index contributed by atoms with van der Waals surface area (Å²) in [4.78, 5) is 15.3. The molecule has 0 aromatic heterocycles. The average Bonchev–Trinajstić information content (AvgIpc) is 2.78. The molecule has 31 heavy (non-hydrogen) atoms. The van der Waals surface area contributed by atoms with Crippen molar-refractivity contribution in [3.8, 4) is 11.5 Å². The number of hydrogen-bond donors (Lipinski definition) is 0. The summed E-state index contributed by atoms with van der Waals surface area (Å²) in [6, 6.07) is 25.6. The summed E-state index contributed by atoms with van der Waals surface area (Å²) in [6.07, 6.45) is 0.964. The Morgan fingerprint density at radius 3 is 2.39 bits per heavy atom. The first kappa shape index (κ1) is 21.1. The highest BCUT2D eigenvalue weighted by Crippen LogP contribution is 2.25. The summed E-state index contributed by atoms with van der Waals surface area (Å²) >= 11 is 0. The Balaban J connectivity index is 1.39. The predicted octanol–water partition coefficient (Wildman–Crippen LogP) is 5.61. The predicted molar refractivity (Wildman–Crippen MR) is 122 cm³/mol. The number of hydrogen-bond acceptors (Lipinski definition) is 4. The zero-order valence-corrected chi connectivity index (χ0v) is 18.2. The van der Waals surface area contributed by atoms with Crippen LogP contribution in [0.25, 0.3) is 0 Å². The molecule has 0 amide bonds.